The Hall–Kier alpha value is -2.33. The van der Waals surface area contributed by atoms with Crippen LogP contribution in [0.4, 0.5) is 0 Å². The zero-order valence-corrected chi connectivity index (χ0v) is 9.48. The molecule has 2 heterocycles. The lowest BCUT2D eigenvalue weighted by molar-refractivity contribution is -0.118. The van der Waals surface area contributed by atoms with Gasteiger partial charge in [-0.25, -0.2) is 14.2 Å². The highest BCUT2D eigenvalue weighted by Crippen LogP contribution is 2.11. The molecule has 2 rings (SSSR count). The van der Waals surface area contributed by atoms with E-state index in [1.807, 2.05) is 0 Å². The molecule has 2 aromatic rings. The first-order valence-corrected chi connectivity index (χ1v) is 4.92. The topological polar surface area (TPSA) is 143 Å². The fourth-order valence-electron chi connectivity index (χ4n) is 1.41. The minimum Gasteiger partial charge on any atom is -0.368 e. The largest absolute Gasteiger partial charge is 0.368 e. The van der Waals surface area contributed by atoms with Gasteiger partial charge in [-0.3, -0.25) is 4.79 Å². The van der Waals surface area contributed by atoms with Gasteiger partial charge in [0.25, 0.3) is 0 Å². The summed E-state index contributed by atoms with van der Waals surface area (Å²) in [5.74, 6) is -0.695. The first-order chi connectivity index (χ1) is 8.54. The molecule has 10 nitrogen and oxygen atoms in total. The summed E-state index contributed by atoms with van der Waals surface area (Å²) in [5, 5.41) is 7.35. The first-order valence-electron chi connectivity index (χ1n) is 4.92. The summed E-state index contributed by atoms with van der Waals surface area (Å²) >= 11 is 0. The van der Waals surface area contributed by atoms with Crippen LogP contribution in [0.2, 0.25) is 0 Å². The zero-order chi connectivity index (χ0) is 13.3. The predicted molar refractivity (Wildman–Crippen MR) is 58.2 cm³/mol. The Morgan fingerprint density at radius 2 is 2.33 bits per heavy atom. The van der Waals surface area contributed by atoms with Gasteiger partial charge in [0.15, 0.2) is 11.9 Å². The van der Waals surface area contributed by atoms with Gasteiger partial charge in [0, 0.05) is 7.11 Å². The molecule has 0 aliphatic rings. The molecule has 0 aliphatic heterocycles. The summed E-state index contributed by atoms with van der Waals surface area (Å²) < 4.78 is 6.84. The summed E-state index contributed by atoms with van der Waals surface area (Å²) in [4.78, 5) is 26.6. The van der Waals surface area contributed by atoms with Gasteiger partial charge in [-0.15, -0.1) is 5.10 Å². The maximum Gasteiger partial charge on any atom is 0.353 e. The third-order valence-electron chi connectivity index (χ3n) is 2.27. The van der Waals surface area contributed by atoms with Crippen molar-refractivity contribution < 1.29 is 9.53 Å². The van der Waals surface area contributed by atoms with Crippen LogP contribution in [0.25, 0.3) is 5.65 Å². The van der Waals surface area contributed by atoms with Crippen LogP contribution in [-0.2, 0) is 16.1 Å². The van der Waals surface area contributed by atoms with Crippen molar-refractivity contribution in [2.45, 2.75) is 12.8 Å². The number of rotatable bonds is 4. The summed E-state index contributed by atoms with van der Waals surface area (Å²) in [6.07, 6.45) is 0.425. The monoisotopic (exact) mass is 253 g/mol. The molecule has 0 spiro atoms. The third kappa shape index (κ3) is 1.94. The van der Waals surface area contributed by atoms with E-state index in [1.165, 1.54) is 13.4 Å². The van der Waals surface area contributed by atoms with E-state index >= 15 is 0 Å². The van der Waals surface area contributed by atoms with Crippen molar-refractivity contribution in [3.63, 3.8) is 0 Å². The van der Waals surface area contributed by atoms with Crippen molar-refractivity contribution in [3.05, 3.63) is 22.5 Å². The van der Waals surface area contributed by atoms with E-state index in [4.69, 9.17) is 16.2 Å². The number of primary amides is 1. The number of hydrogen-bond acceptors (Lipinski definition) is 7. The molecule has 0 radical (unpaired) electrons. The van der Waals surface area contributed by atoms with E-state index < -0.39 is 17.8 Å². The Morgan fingerprint density at radius 3 is 2.94 bits per heavy atom. The van der Waals surface area contributed by atoms with Crippen LogP contribution < -0.4 is 17.2 Å². The van der Waals surface area contributed by atoms with E-state index in [2.05, 4.69) is 15.3 Å². The fraction of sp³-hybridized carbons (Fsp3) is 0.375. The second-order valence-corrected chi connectivity index (χ2v) is 3.48. The lowest BCUT2D eigenvalue weighted by atomic mass is 10.4. The van der Waals surface area contributed by atoms with Crippen LogP contribution >= 0.6 is 0 Å². The third-order valence-corrected chi connectivity index (χ3v) is 2.27. The molecular weight excluding hydrogens is 242 g/mol. The van der Waals surface area contributed by atoms with Gasteiger partial charge in [-0.2, -0.15) is 4.68 Å². The molecule has 1 amide bonds. The van der Waals surface area contributed by atoms with Gasteiger partial charge < -0.3 is 16.2 Å². The van der Waals surface area contributed by atoms with Gasteiger partial charge >= 0.3 is 5.69 Å². The fourth-order valence-corrected chi connectivity index (χ4v) is 1.41. The number of imidazole rings is 1. The molecule has 10 heteroatoms. The van der Waals surface area contributed by atoms with Gasteiger partial charge in [-0.1, -0.05) is 5.21 Å². The molecule has 96 valence electrons. The van der Waals surface area contributed by atoms with E-state index in [-0.39, 0.29) is 17.9 Å². The lowest BCUT2D eigenvalue weighted by Crippen LogP contribution is -2.34. The Balaban J connectivity index is 2.57. The molecule has 0 saturated heterocycles. The molecular formula is C8H11N7O3. The molecule has 0 aromatic carbocycles. The normalized spacial score (nSPS) is 12.8. The molecule has 0 fully saturated rings. The van der Waals surface area contributed by atoms with Crippen LogP contribution in [0.3, 0.4) is 0 Å². The molecule has 0 aliphatic carbocycles. The van der Waals surface area contributed by atoms with Crippen molar-refractivity contribution >= 4 is 11.6 Å². The lowest BCUT2D eigenvalue weighted by Gasteiger charge is -2.06. The van der Waals surface area contributed by atoms with Crippen LogP contribution in [0.1, 0.15) is 11.9 Å². The van der Waals surface area contributed by atoms with E-state index in [0.717, 1.165) is 9.08 Å². The van der Waals surface area contributed by atoms with Crippen LogP contribution in [0.5, 0.6) is 0 Å². The molecule has 4 N–H and O–H groups in total. The van der Waals surface area contributed by atoms with E-state index in [9.17, 15) is 9.59 Å². The maximum absolute atomic E-state index is 11.9. The smallest absolute Gasteiger partial charge is 0.353 e. The summed E-state index contributed by atoms with van der Waals surface area (Å²) in [7, 11) is 1.40. The minimum atomic E-state index is -0.810. The molecule has 0 saturated carbocycles. The van der Waals surface area contributed by atoms with E-state index in [0.29, 0.717) is 0 Å². The van der Waals surface area contributed by atoms with Crippen LogP contribution in [-0.4, -0.2) is 37.4 Å². The SMILES string of the molecule is COC(N)c1ncn2c(=O)n(CC(N)=O)nnc12. The quantitative estimate of drug-likeness (QED) is 0.567. The standard InChI is InChI=1S/C8H11N7O3/c1-18-6(10)5-7-12-13-15(2-4(9)16)8(17)14(7)3-11-5/h3,6H,2,10H2,1H3,(H2,9,16). The average molecular weight is 253 g/mol. The minimum absolute atomic E-state index is 0.176. The molecule has 0 bridgehead atoms. The average Bonchev–Trinajstić information content (AvgIpc) is 2.76. The highest BCUT2D eigenvalue weighted by molar-refractivity contribution is 5.73. The second-order valence-electron chi connectivity index (χ2n) is 3.48. The maximum atomic E-state index is 11.9. The Labute approximate surface area is 100 Å². The number of ether oxygens (including phenoxy) is 1. The van der Waals surface area contributed by atoms with Gasteiger partial charge in [0.05, 0.1) is 0 Å². The summed E-state index contributed by atoms with van der Waals surface area (Å²) in [5.41, 5.74) is 10.5. The molecule has 18 heavy (non-hydrogen) atoms. The number of carbonyl (C=O) groups excluding carboxylic acids is 1. The van der Waals surface area contributed by atoms with Crippen LogP contribution in [0, 0.1) is 0 Å². The van der Waals surface area contributed by atoms with Gasteiger partial charge in [0.2, 0.25) is 5.91 Å². The van der Waals surface area contributed by atoms with Crippen molar-refractivity contribution in [3.8, 4) is 0 Å². The highest BCUT2D eigenvalue weighted by atomic mass is 16.5. The number of carbonyl (C=O) groups is 1. The zero-order valence-electron chi connectivity index (χ0n) is 9.48. The van der Waals surface area contributed by atoms with E-state index in [1.54, 1.807) is 0 Å². The van der Waals surface area contributed by atoms with Crippen molar-refractivity contribution in [1.82, 2.24) is 24.4 Å². The van der Waals surface area contributed by atoms with Gasteiger partial charge in [-0.05, 0) is 0 Å². The Morgan fingerprint density at radius 1 is 1.61 bits per heavy atom. The Kier molecular flexibility index (Phi) is 3.04. The number of amides is 1. The van der Waals surface area contributed by atoms with Crippen molar-refractivity contribution in [2.75, 3.05) is 7.11 Å². The van der Waals surface area contributed by atoms with Gasteiger partial charge in [0.1, 0.15) is 18.6 Å². The van der Waals surface area contributed by atoms with Crippen molar-refractivity contribution in [1.29, 1.82) is 0 Å². The van der Waals surface area contributed by atoms with Crippen LogP contribution in [0.15, 0.2) is 11.1 Å². The second kappa shape index (κ2) is 4.50. The number of nitrogens with zero attached hydrogens (tertiary/aromatic N) is 5. The number of nitrogens with two attached hydrogens (primary N) is 2. The number of methoxy groups -OCH3 is 1. The highest BCUT2D eigenvalue weighted by Gasteiger charge is 2.16. The number of aromatic nitrogens is 5. The first kappa shape index (κ1) is 12.1. The molecule has 1 unspecified atom stereocenters. The summed E-state index contributed by atoms with van der Waals surface area (Å²) in [6, 6.07) is 0. The number of fused-ring (bicyclic) bond motifs is 1. The Bertz CT molecular complexity index is 646. The summed E-state index contributed by atoms with van der Waals surface area (Å²) in [6.45, 7) is -0.356. The molecule has 1 atom stereocenters. The van der Waals surface area contributed by atoms with Crippen molar-refractivity contribution in [2.24, 2.45) is 11.5 Å². The number of hydrogen-bond donors (Lipinski definition) is 2. The molecule has 2 aromatic heterocycles. The predicted octanol–water partition coefficient (Wildman–Crippen LogP) is -2.62.